The summed E-state index contributed by atoms with van der Waals surface area (Å²) in [7, 11) is 0. The first-order valence-electron chi connectivity index (χ1n) is 6.85. The van der Waals surface area contributed by atoms with Gasteiger partial charge in [-0.05, 0) is 31.0 Å². The molecule has 0 spiro atoms. The molecule has 1 nitrogen and oxygen atoms in total. The van der Waals surface area contributed by atoms with Gasteiger partial charge < -0.3 is 0 Å². The van der Waals surface area contributed by atoms with Crippen LogP contribution >= 0.6 is 0 Å². The van der Waals surface area contributed by atoms with Crippen LogP contribution in [0.4, 0.5) is 0 Å². The average Bonchev–Trinajstić information content (AvgIpc) is 2.49. The minimum atomic E-state index is 1.08. The molecule has 0 aliphatic carbocycles. The molecule has 2 aromatic carbocycles. The fraction of sp³-hybridized carbons (Fsp3) is 0.105. The Morgan fingerprint density at radius 3 is 1.40 bits per heavy atom. The van der Waals surface area contributed by atoms with E-state index in [9.17, 15) is 0 Å². The van der Waals surface area contributed by atoms with Crippen LogP contribution in [0.3, 0.4) is 0 Å². The maximum Gasteiger partial charge on any atom is 0.0454 e. The van der Waals surface area contributed by atoms with Crippen molar-refractivity contribution in [3.63, 3.8) is 0 Å². The van der Waals surface area contributed by atoms with Gasteiger partial charge in [-0.25, -0.2) is 0 Å². The van der Waals surface area contributed by atoms with Gasteiger partial charge in [0, 0.05) is 22.5 Å². The highest BCUT2D eigenvalue weighted by molar-refractivity contribution is 5.75. The first-order valence-corrected chi connectivity index (χ1v) is 6.85. The van der Waals surface area contributed by atoms with E-state index in [-0.39, 0.29) is 0 Å². The Balaban J connectivity index is 2.19. The summed E-state index contributed by atoms with van der Waals surface area (Å²) in [5.41, 5.74) is 7.00. The van der Waals surface area contributed by atoms with Gasteiger partial charge in [-0.1, -0.05) is 60.7 Å². The third-order valence-corrected chi connectivity index (χ3v) is 3.57. The quantitative estimate of drug-likeness (QED) is 0.628. The van der Waals surface area contributed by atoms with Gasteiger partial charge in [-0.15, -0.1) is 0 Å². The lowest BCUT2D eigenvalue weighted by molar-refractivity contribution is 1.13. The molecule has 1 aromatic heterocycles. The summed E-state index contributed by atoms with van der Waals surface area (Å²) in [5, 5.41) is 0. The Kier molecular flexibility index (Phi) is 3.34. The van der Waals surface area contributed by atoms with Crippen molar-refractivity contribution in [2.24, 2.45) is 0 Å². The van der Waals surface area contributed by atoms with Crippen LogP contribution in [0.1, 0.15) is 11.4 Å². The third kappa shape index (κ3) is 2.35. The zero-order chi connectivity index (χ0) is 13.9. The number of aromatic nitrogens is 1. The van der Waals surface area contributed by atoms with E-state index < -0.39 is 0 Å². The van der Waals surface area contributed by atoms with Crippen molar-refractivity contribution in [3.8, 4) is 22.3 Å². The lowest BCUT2D eigenvalue weighted by Crippen LogP contribution is -1.94. The van der Waals surface area contributed by atoms with Gasteiger partial charge in [-0.3, -0.25) is 4.98 Å². The van der Waals surface area contributed by atoms with Crippen LogP contribution in [0.5, 0.6) is 0 Å². The number of pyridine rings is 1. The Labute approximate surface area is 119 Å². The van der Waals surface area contributed by atoms with Gasteiger partial charge in [-0.2, -0.15) is 0 Å². The molecule has 20 heavy (non-hydrogen) atoms. The smallest absolute Gasteiger partial charge is 0.0454 e. The van der Waals surface area contributed by atoms with Crippen molar-refractivity contribution >= 4 is 0 Å². The van der Waals surface area contributed by atoms with Crippen molar-refractivity contribution in [2.75, 3.05) is 0 Å². The normalized spacial score (nSPS) is 10.5. The van der Waals surface area contributed by atoms with Crippen molar-refractivity contribution in [1.29, 1.82) is 0 Å². The predicted molar refractivity (Wildman–Crippen MR) is 84.6 cm³/mol. The first-order chi connectivity index (χ1) is 9.75. The molecule has 0 bridgehead atoms. The molecule has 1 heteroatoms. The Bertz CT molecular complexity index is 655. The molecule has 0 fully saturated rings. The third-order valence-electron chi connectivity index (χ3n) is 3.57. The van der Waals surface area contributed by atoms with Crippen LogP contribution in [-0.4, -0.2) is 4.98 Å². The van der Waals surface area contributed by atoms with Crippen LogP contribution < -0.4 is 0 Å². The summed E-state index contributed by atoms with van der Waals surface area (Å²) >= 11 is 0. The number of benzene rings is 2. The lowest BCUT2D eigenvalue weighted by Gasteiger charge is -2.12. The standard InChI is InChI=1S/C19H17N/c1-14-18(16-9-5-3-6-10-16)13-19(15(2)20-14)17-11-7-4-8-12-17/h3-13H,1-2H3. The van der Waals surface area contributed by atoms with E-state index in [4.69, 9.17) is 4.98 Å². The van der Waals surface area contributed by atoms with E-state index in [1.165, 1.54) is 22.3 Å². The zero-order valence-electron chi connectivity index (χ0n) is 11.8. The van der Waals surface area contributed by atoms with Gasteiger partial charge in [0.2, 0.25) is 0 Å². The molecule has 0 aliphatic heterocycles. The molecule has 0 unspecified atom stereocenters. The zero-order valence-corrected chi connectivity index (χ0v) is 11.8. The molecule has 0 saturated heterocycles. The summed E-state index contributed by atoms with van der Waals surface area (Å²) in [4.78, 5) is 4.73. The Morgan fingerprint density at radius 1 is 0.600 bits per heavy atom. The highest BCUT2D eigenvalue weighted by Crippen LogP contribution is 2.30. The summed E-state index contributed by atoms with van der Waals surface area (Å²) in [6.45, 7) is 4.15. The molecule has 3 aromatic rings. The van der Waals surface area contributed by atoms with Crippen LogP contribution in [0.2, 0.25) is 0 Å². The molecule has 0 N–H and O–H groups in total. The molecular formula is C19H17N. The SMILES string of the molecule is Cc1nc(C)c(-c2ccccc2)cc1-c1ccccc1. The van der Waals surface area contributed by atoms with Crippen LogP contribution in [0.15, 0.2) is 66.7 Å². The van der Waals surface area contributed by atoms with E-state index in [2.05, 4.69) is 68.4 Å². The molecule has 0 amide bonds. The lowest BCUT2D eigenvalue weighted by atomic mass is 9.97. The minimum absolute atomic E-state index is 1.08. The topological polar surface area (TPSA) is 12.9 Å². The van der Waals surface area contributed by atoms with Gasteiger partial charge in [0.25, 0.3) is 0 Å². The van der Waals surface area contributed by atoms with Crippen molar-refractivity contribution in [2.45, 2.75) is 13.8 Å². The molecule has 3 rings (SSSR count). The molecular weight excluding hydrogens is 242 g/mol. The Hall–Kier alpha value is -2.41. The number of aryl methyl sites for hydroxylation is 2. The van der Waals surface area contributed by atoms with Gasteiger partial charge in [0.05, 0.1) is 0 Å². The molecule has 0 radical (unpaired) electrons. The Morgan fingerprint density at radius 2 is 1.00 bits per heavy atom. The van der Waals surface area contributed by atoms with E-state index >= 15 is 0 Å². The second-order valence-electron chi connectivity index (χ2n) is 4.99. The molecule has 1 heterocycles. The van der Waals surface area contributed by atoms with Crippen molar-refractivity contribution in [1.82, 2.24) is 4.98 Å². The molecule has 0 saturated carbocycles. The van der Waals surface area contributed by atoms with Gasteiger partial charge in [0.1, 0.15) is 0 Å². The highest BCUT2D eigenvalue weighted by atomic mass is 14.7. The van der Waals surface area contributed by atoms with Gasteiger partial charge in [0.15, 0.2) is 0 Å². The maximum absolute atomic E-state index is 4.73. The van der Waals surface area contributed by atoms with E-state index in [1.54, 1.807) is 0 Å². The van der Waals surface area contributed by atoms with Gasteiger partial charge >= 0.3 is 0 Å². The fourth-order valence-corrected chi connectivity index (χ4v) is 2.55. The second-order valence-corrected chi connectivity index (χ2v) is 4.99. The highest BCUT2D eigenvalue weighted by Gasteiger charge is 2.09. The van der Waals surface area contributed by atoms with E-state index in [0.717, 1.165) is 11.4 Å². The van der Waals surface area contributed by atoms with Crippen LogP contribution in [-0.2, 0) is 0 Å². The number of nitrogens with zero attached hydrogens (tertiary/aromatic N) is 1. The largest absolute Gasteiger partial charge is 0.257 e. The van der Waals surface area contributed by atoms with Crippen molar-refractivity contribution in [3.05, 3.63) is 78.1 Å². The molecule has 0 atom stereocenters. The predicted octanol–water partition coefficient (Wildman–Crippen LogP) is 5.03. The first kappa shape index (κ1) is 12.6. The molecule has 98 valence electrons. The fourth-order valence-electron chi connectivity index (χ4n) is 2.55. The summed E-state index contributed by atoms with van der Waals surface area (Å²) < 4.78 is 0. The minimum Gasteiger partial charge on any atom is -0.257 e. The average molecular weight is 259 g/mol. The summed E-state index contributed by atoms with van der Waals surface area (Å²) in [5.74, 6) is 0. The number of rotatable bonds is 2. The summed E-state index contributed by atoms with van der Waals surface area (Å²) in [6.07, 6.45) is 0. The number of hydrogen-bond acceptors (Lipinski definition) is 1. The van der Waals surface area contributed by atoms with Crippen LogP contribution in [0, 0.1) is 13.8 Å². The molecule has 0 aliphatic rings. The monoisotopic (exact) mass is 259 g/mol. The van der Waals surface area contributed by atoms with Crippen LogP contribution in [0.25, 0.3) is 22.3 Å². The second kappa shape index (κ2) is 5.30. The summed E-state index contributed by atoms with van der Waals surface area (Å²) in [6, 6.07) is 23.1. The van der Waals surface area contributed by atoms with E-state index in [0.29, 0.717) is 0 Å². The number of hydrogen-bond donors (Lipinski definition) is 0. The maximum atomic E-state index is 4.73. The van der Waals surface area contributed by atoms with E-state index in [1.807, 2.05) is 12.1 Å². The van der Waals surface area contributed by atoms with Crippen molar-refractivity contribution < 1.29 is 0 Å².